The summed E-state index contributed by atoms with van der Waals surface area (Å²) in [5.74, 6) is 1.58. The van der Waals surface area contributed by atoms with Crippen LogP contribution in [0.25, 0.3) is 54.6 Å². The van der Waals surface area contributed by atoms with Crippen molar-refractivity contribution in [1.82, 2.24) is 5.32 Å². The van der Waals surface area contributed by atoms with E-state index in [0.717, 1.165) is 61.4 Å². The molecule has 0 saturated carbocycles. The molecule has 1 atom stereocenters. The Bertz CT molecular complexity index is 2490. The van der Waals surface area contributed by atoms with Crippen LogP contribution >= 0.6 is 0 Å². The molecule has 212 valence electrons. The first-order valence-corrected chi connectivity index (χ1v) is 15.2. The number of hydrogen-bond acceptors (Lipinski definition) is 4. The molecule has 2 heterocycles. The van der Waals surface area contributed by atoms with Crippen LogP contribution in [0, 0.1) is 0 Å². The normalized spacial score (nSPS) is 14.9. The van der Waals surface area contributed by atoms with E-state index >= 15 is 0 Å². The van der Waals surface area contributed by atoms with E-state index in [9.17, 15) is 0 Å². The lowest BCUT2D eigenvalue weighted by molar-refractivity contribution is 0.669. The quantitative estimate of drug-likeness (QED) is 0.226. The smallest absolute Gasteiger partial charge is 0.169 e. The molecule has 0 bridgehead atoms. The Labute approximate surface area is 260 Å². The maximum atomic E-state index is 6.26. The van der Waals surface area contributed by atoms with Crippen LogP contribution in [-0.4, -0.2) is 11.7 Å². The molecular formula is C41H27N3O. The van der Waals surface area contributed by atoms with Crippen LogP contribution in [0.2, 0.25) is 0 Å². The Hall–Kier alpha value is -6.00. The van der Waals surface area contributed by atoms with Crippen LogP contribution in [0.1, 0.15) is 22.9 Å². The first-order valence-electron chi connectivity index (χ1n) is 15.2. The maximum absolute atomic E-state index is 6.26. The largest absolute Gasteiger partial charge is 0.456 e. The van der Waals surface area contributed by atoms with Gasteiger partial charge in [0.05, 0.1) is 0 Å². The molecule has 4 nitrogen and oxygen atoms in total. The maximum Gasteiger partial charge on any atom is 0.169 e. The highest BCUT2D eigenvalue weighted by Crippen LogP contribution is 2.38. The lowest BCUT2D eigenvalue weighted by atomic mass is 9.94. The fraction of sp³-hybridized carbons (Fsp3) is 0.0244. The summed E-state index contributed by atoms with van der Waals surface area (Å²) >= 11 is 0. The van der Waals surface area contributed by atoms with Crippen LogP contribution in [0.4, 0.5) is 0 Å². The summed E-state index contributed by atoms with van der Waals surface area (Å²) in [7, 11) is 0. The first kappa shape index (κ1) is 25.5. The van der Waals surface area contributed by atoms with Gasteiger partial charge in [0.15, 0.2) is 6.17 Å². The van der Waals surface area contributed by atoms with Gasteiger partial charge in [-0.05, 0) is 62.5 Å². The molecule has 1 aliphatic rings. The van der Waals surface area contributed by atoms with Crippen molar-refractivity contribution in [3.63, 3.8) is 0 Å². The van der Waals surface area contributed by atoms with E-state index in [1.54, 1.807) is 0 Å². The molecule has 0 amide bonds. The molecule has 4 heteroatoms. The molecule has 9 rings (SSSR count). The predicted molar refractivity (Wildman–Crippen MR) is 186 cm³/mol. The van der Waals surface area contributed by atoms with E-state index in [1.165, 1.54) is 21.5 Å². The summed E-state index contributed by atoms with van der Waals surface area (Å²) in [5.41, 5.74) is 7.02. The summed E-state index contributed by atoms with van der Waals surface area (Å²) in [5, 5.41) is 10.6. The van der Waals surface area contributed by atoms with Gasteiger partial charge in [0.25, 0.3) is 0 Å². The van der Waals surface area contributed by atoms with Gasteiger partial charge in [0, 0.05) is 21.9 Å². The first-order chi connectivity index (χ1) is 22.3. The number of nitrogens with one attached hydrogen (secondary N) is 1. The summed E-state index contributed by atoms with van der Waals surface area (Å²) in [6.07, 6.45) is -0.411. The number of hydrogen-bond donors (Lipinski definition) is 1. The summed E-state index contributed by atoms with van der Waals surface area (Å²) in [4.78, 5) is 10.5. The van der Waals surface area contributed by atoms with Crippen molar-refractivity contribution in [2.45, 2.75) is 6.17 Å². The van der Waals surface area contributed by atoms with Crippen molar-refractivity contribution < 1.29 is 4.42 Å². The van der Waals surface area contributed by atoms with E-state index in [1.807, 2.05) is 18.2 Å². The Morgan fingerprint density at radius 1 is 0.467 bits per heavy atom. The fourth-order valence-corrected chi connectivity index (χ4v) is 6.51. The third kappa shape index (κ3) is 4.38. The van der Waals surface area contributed by atoms with Crippen molar-refractivity contribution >= 4 is 55.2 Å². The van der Waals surface area contributed by atoms with Gasteiger partial charge in [-0.2, -0.15) is 0 Å². The van der Waals surface area contributed by atoms with Gasteiger partial charge < -0.3 is 9.73 Å². The van der Waals surface area contributed by atoms with Crippen molar-refractivity contribution in [2.24, 2.45) is 9.98 Å². The number of aliphatic imine (C=N–C) groups is 2. The van der Waals surface area contributed by atoms with E-state index in [2.05, 4.69) is 139 Å². The van der Waals surface area contributed by atoms with Crippen LogP contribution < -0.4 is 5.32 Å². The predicted octanol–water partition coefficient (Wildman–Crippen LogP) is 10.1. The Balaban J connectivity index is 1.23. The van der Waals surface area contributed by atoms with Crippen LogP contribution in [0.3, 0.4) is 0 Å². The second-order valence-corrected chi connectivity index (χ2v) is 11.4. The summed E-state index contributed by atoms with van der Waals surface area (Å²) in [6.45, 7) is 0. The molecule has 0 aliphatic carbocycles. The van der Waals surface area contributed by atoms with Crippen molar-refractivity contribution in [3.8, 4) is 11.1 Å². The highest BCUT2D eigenvalue weighted by Gasteiger charge is 2.24. The number of amidine groups is 2. The van der Waals surface area contributed by atoms with Gasteiger partial charge in [-0.25, -0.2) is 9.98 Å². The average Bonchev–Trinajstić information content (AvgIpc) is 3.50. The van der Waals surface area contributed by atoms with Crippen LogP contribution in [0.15, 0.2) is 166 Å². The second kappa shape index (κ2) is 10.3. The Kier molecular flexibility index (Phi) is 5.85. The average molecular weight is 578 g/mol. The number of fused-ring (bicyclic) bond motifs is 5. The Morgan fingerprint density at radius 3 is 1.93 bits per heavy atom. The third-order valence-corrected chi connectivity index (χ3v) is 8.71. The highest BCUT2D eigenvalue weighted by molar-refractivity contribution is 6.20. The fourth-order valence-electron chi connectivity index (χ4n) is 6.51. The molecule has 1 aromatic heterocycles. The molecule has 0 fully saturated rings. The monoisotopic (exact) mass is 577 g/mol. The minimum absolute atomic E-state index is 0.411. The number of nitrogens with zero attached hydrogens (tertiary/aromatic N) is 2. The number of para-hydroxylation sites is 1. The lowest BCUT2D eigenvalue weighted by Gasteiger charge is -2.24. The molecule has 45 heavy (non-hydrogen) atoms. The van der Waals surface area contributed by atoms with E-state index < -0.39 is 6.17 Å². The topological polar surface area (TPSA) is 49.9 Å². The molecule has 0 saturated heterocycles. The van der Waals surface area contributed by atoms with Gasteiger partial charge in [-0.1, -0.05) is 127 Å². The number of benzene rings is 7. The molecule has 0 radical (unpaired) electrons. The zero-order valence-electron chi connectivity index (χ0n) is 24.3. The molecule has 8 aromatic rings. The van der Waals surface area contributed by atoms with Gasteiger partial charge in [0.2, 0.25) is 0 Å². The van der Waals surface area contributed by atoms with Gasteiger partial charge in [0.1, 0.15) is 22.8 Å². The van der Waals surface area contributed by atoms with Gasteiger partial charge in [-0.3, -0.25) is 0 Å². The van der Waals surface area contributed by atoms with Crippen molar-refractivity contribution in [3.05, 3.63) is 168 Å². The zero-order chi connectivity index (χ0) is 29.7. The minimum Gasteiger partial charge on any atom is -0.456 e. The number of furan rings is 1. The van der Waals surface area contributed by atoms with E-state index in [4.69, 9.17) is 14.4 Å². The standard InChI is InChI=1S/C41H27N3O/c1-3-12-28-24-30(22-20-26(28)10-1)39-42-40(31-23-21-27-11-2-4-13-29(27)25-31)44-41(43-39)34-15-6-5-14-32(34)33-17-9-19-37-38(33)35-16-7-8-18-36(35)45-37/h1-25,39H,(H,42,43,44). The highest BCUT2D eigenvalue weighted by atomic mass is 16.3. The SMILES string of the molecule is c1ccc(-c2cccc3oc4ccccc4c23)c(C2=NC(c3ccc4ccccc4c3)N=C(c3ccc4ccccc4c3)N2)c1. The molecule has 1 N–H and O–H groups in total. The zero-order valence-corrected chi connectivity index (χ0v) is 24.3. The van der Waals surface area contributed by atoms with Crippen LogP contribution in [0.5, 0.6) is 0 Å². The van der Waals surface area contributed by atoms with Crippen LogP contribution in [-0.2, 0) is 0 Å². The molecule has 0 spiro atoms. The van der Waals surface area contributed by atoms with Gasteiger partial charge >= 0.3 is 0 Å². The van der Waals surface area contributed by atoms with E-state index in [0.29, 0.717) is 0 Å². The van der Waals surface area contributed by atoms with E-state index in [-0.39, 0.29) is 0 Å². The summed E-state index contributed by atoms with van der Waals surface area (Å²) < 4.78 is 6.26. The lowest BCUT2D eigenvalue weighted by Crippen LogP contribution is -2.36. The van der Waals surface area contributed by atoms with Gasteiger partial charge in [-0.15, -0.1) is 0 Å². The number of rotatable bonds is 4. The molecule has 7 aromatic carbocycles. The Morgan fingerprint density at radius 2 is 1.09 bits per heavy atom. The van der Waals surface area contributed by atoms with Crippen molar-refractivity contribution in [2.75, 3.05) is 0 Å². The van der Waals surface area contributed by atoms with Crippen molar-refractivity contribution in [1.29, 1.82) is 0 Å². The minimum atomic E-state index is -0.411. The third-order valence-electron chi connectivity index (χ3n) is 8.71. The molecular weight excluding hydrogens is 550 g/mol. The summed E-state index contributed by atoms with van der Waals surface area (Å²) in [6, 6.07) is 52.8. The second-order valence-electron chi connectivity index (χ2n) is 11.4. The molecule has 1 unspecified atom stereocenters. The molecule has 1 aliphatic heterocycles.